The lowest BCUT2D eigenvalue weighted by Crippen LogP contribution is -2.45. The van der Waals surface area contributed by atoms with Gasteiger partial charge in [0.05, 0.1) is 0 Å². The van der Waals surface area contributed by atoms with Crippen LogP contribution in [0.25, 0.3) is 0 Å². The standard InChI is InChI=1S/C19H22FN3O2/c1-13-12-23(18-19(25)22(2)10-8-21-18)9-7-15(13)17(24)11-14-5-3-4-6-16(14)20/h3-6,8,10,13,15H,7,9,11-12H2,1-2H3/t13-,15-/m1/s1. The van der Waals surface area contributed by atoms with Crippen LogP contribution < -0.4 is 10.5 Å². The van der Waals surface area contributed by atoms with Gasteiger partial charge in [0.25, 0.3) is 5.56 Å². The van der Waals surface area contributed by atoms with Gasteiger partial charge in [0.15, 0.2) is 5.82 Å². The number of ketones is 1. The van der Waals surface area contributed by atoms with E-state index in [-0.39, 0.29) is 35.4 Å². The van der Waals surface area contributed by atoms with Gasteiger partial charge in [-0.15, -0.1) is 0 Å². The molecule has 3 rings (SSSR count). The molecule has 25 heavy (non-hydrogen) atoms. The number of rotatable bonds is 4. The fraction of sp³-hybridized carbons (Fsp3) is 0.421. The Labute approximate surface area is 146 Å². The van der Waals surface area contributed by atoms with E-state index in [1.54, 1.807) is 37.6 Å². The zero-order valence-electron chi connectivity index (χ0n) is 14.5. The highest BCUT2D eigenvalue weighted by Gasteiger charge is 2.32. The molecule has 0 unspecified atom stereocenters. The Morgan fingerprint density at radius 3 is 2.84 bits per heavy atom. The Kier molecular flexibility index (Phi) is 4.97. The van der Waals surface area contributed by atoms with Crippen LogP contribution in [0.3, 0.4) is 0 Å². The van der Waals surface area contributed by atoms with E-state index in [9.17, 15) is 14.0 Å². The molecule has 5 nitrogen and oxygen atoms in total. The minimum Gasteiger partial charge on any atom is -0.352 e. The van der Waals surface area contributed by atoms with Crippen molar-refractivity contribution in [2.45, 2.75) is 19.8 Å². The fourth-order valence-corrected chi connectivity index (χ4v) is 3.48. The number of aromatic nitrogens is 2. The maximum atomic E-state index is 13.8. The first-order valence-electron chi connectivity index (χ1n) is 8.50. The third-order valence-electron chi connectivity index (χ3n) is 4.94. The lowest BCUT2D eigenvalue weighted by atomic mass is 9.81. The van der Waals surface area contributed by atoms with Crippen LogP contribution in [-0.2, 0) is 18.3 Å². The Morgan fingerprint density at radius 1 is 1.36 bits per heavy atom. The summed E-state index contributed by atoms with van der Waals surface area (Å²) in [5.74, 6) is 0.115. The molecule has 0 spiro atoms. The van der Waals surface area contributed by atoms with E-state index >= 15 is 0 Å². The van der Waals surface area contributed by atoms with Crippen LogP contribution in [0.5, 0.6) is 0 Å². The fourth-order valence-electron chi connectivity index (χ4n) is 3.48. The van der Waals surface area contributed by atoms with Gasteiger partial charge < -0.3 is 9.47 Å². The highest BCUT2D eigenvalue weighted by atomic mass is 19.1. The lowest BCUT2D eigenvalue weighted by molar-refractivity contribution is -0.124. The number of carbonyl (C=O) groups is 1. The normalized spacial score (nSPS) is 20.5. The van der Waals surface area contributed by atoms with E-state index in [1.807, 2.05) is 11.8 Å². The predicted molar refractivity (Wildman–Crippen MR) is 94.1 cm³/mol. The Balaban J connectivity index is 1.69. The first-order valence-corrected chi connectivity index (χ1v) is 8.50. The van der Waals surface area contributed by atoms with Gasteiger partial charge in [0.1, 0.15) is 11.6 Å². The molecule has 2 atom stereocenters. The Hall–Kier alpha value is -2.50. The number of hydrogen-bond donors (Lipinski definition) is 0. The van der Waals surface area contributed by atoms with Gasteiger partial charge >= 0.3 is 0 Å². The van der Waals surface area contributed by atoms with Crippen molar-refractivity contribution in [2.75, 3.05) is 18.0 Å². The average Bonchev–Trinajstić information content (AvgIpc) is 2.59. The monoisotopic (exact) mass is 343 g/mol. The number of aryl methyl sites for hydroxylation is 1. The smallest absolute Gasteiger partial charge is 0.293 e. The molecule has 2 heterocycles. The van der Waals surface area contributed by atoms with Gasteiger partial charge in [-0.1, -0.05) is 25.1 Å². The first-order chi connectivity index (χ1) is 12.0. The summed E-state index contributed by atoms with van der Waals surface area (Å²) in [4.78, 5) is 31.0. The quantitative estimate of drug-likeness (QED) is 0.854. The van der Waals surface area contributed by atoms with Crippen LogP contribution in [0.1, 0.15) is 18.9 Å². The molecule has 1 aromatic heterocycles. The number of carbonyl (C=O) groups excluding carboxylic acids is 1. The summed E-state index contributed by atoms with van der Waals surface area (Å²) >= 11 is 0. The molecule has 1 aliphatic rings. The summed E-state index contributed by atoms with van der Waals surface area (Å²) in [6.45, 7) is 3.20. The minimum atomic E-state index is -0.335. The van der Waals surface area contributed by atoms with E-state index in [0.717, 1.165) is 0 Å². The molecule has 2 aromatic rings. The molecule has 0 bridgehead atoms. The van der Waals surface area contributed by atoms with Crippen LogP contribution in [0.15, 0.2) is 41.5 Å². The van der Waals surface area contributed by atoms with E-state index < -0.39 is 0 Å². The van der Waals surface area contributed by atoms with Crippen molar-refractivity contribution in [3.05, 3.63) is 58.4 Å². The second-order valence-electron chi connectivity index (χ2n) is 6.72. The molecule has 1 aliphatic heterocycles. The largest absolute Gasteiger partial charge is 0.352 e. The summed E-state index contributed by atoms with van der Waals surface area (Å²) in [5, 5.41) is 0. The molecule has 0 aliphatic carbocycles. The van der Waals surface area contributed by atoms with Crippen LogP contribution >= 0.6 is 0 Å². The SMILES string of the molecule is C[C@@H]1CN(c2nccn(C)c2=O)CC[C@H]1C(=O)Cc1ccccc1F. The van der Waals surface area contributed by atoms with Gasteiger partial charge in [0, 0.05) is 44.9 Å². The molecule has 132 valence electrons. The molecule has 1 saturated heterocycles. The van der Waals surface area contributed by atoms with E-state index in [1.165, 1.54) is 10.6 Å². The molecular weight excluding hydrogens is 321 g/mol. The van der Waals surface area contributed by atoms with Crippen molar-refractivity contribution < 1.29 is 9.18 Å². The number of halogens is 1. The summed E-state index contributed by atoms with van der Waals surface area (Å²) in [5.41, 5.74) is 0.312. The third-order valence-corrected chi connectivity index (χ3v) is 4.94. The molecular formula is C19H22FN3O2. The third kappa shape index (κ3) is 3.62. The van der Waals surface area contributed by atoms with Crippen LogP contribution in [-0.4, -0.2) is 28.4 Å². The van der Waals surface area contributed by atoms with Crippen molar-refractivity contribution in [3.8, 4) is 0 Å². The number of hydrogen-bond acceptors (Lipinski definition) is 4. The highest BCUT2D eigenvalue weighted by molar-refractivity contribution is 5.83. The lowest BCUT2D eigenvalue weighted by Gasteiger charge is -2.36. The summed E-state index contributed by atoms with van der Waals surface area (Å²) < 4.78 is 15.3. The molecule has 0 radical (unpaired) electrons. The second-order valence-corrected chi connectivity index (χ2v) is 6.72. The van der Waals surface area contributed by atoms with Crippen molar-refractivity contribution >= 4 is 11.6 Å². The predicted octanol–water partition coefficient (Wildman–Crippen LogP) is 2.19. The number of Topliss-reactive ketones (excluding diaryl/α,β-unsaturated/α-hetero) is 1. The molecule has 0 N–H and O–H groups in total. The topological polar surface area (TPSA) is 55.2 Å². The zero-order chi connectivity index (χ0) is 18.0. The summed E-state index contributed by atoms with van der Waals surface area (Å²) in [6.07, 6.45) is 4.00. The number of anilines is 1. The van der Waals surface area contributed by atoms with Gasteiger partial charge in [-0.2, -0.15) is 0 Å². The maximum Gasteiger partial charge on any atom is 0.293 e. The van der Waals surface area contributed by atoms with Crippen LogP contribution in [0.4, 0.5) is 10.2 Å². The van der Waals surface area contributed by atoms with E-state index in [0.29, 0.717) is 30.9 Å². The van der Waals surface area contributed by atoms with Crippen molar-refractivity contribution in [1.82, 2.24) is 9.55 Å². The van der Waals surface area contributed by atoms with Gasteiger partial charge in [-0.05, 0) is 24.0 Å². The Morgan fingerprint density at radius 2 is 2.12 bits per heavy atom. The second kappa shape index (κ2) is 7.17. The van der Waals surface area contributed by atoms with Crippen molar-refractivity contribution in [2.24, 2.45) is 18.9 Å². The highest BCUT2D eigenvalue weighted by Crippen LogP contribution is 2.27. The van der Waals surface area contributed by atoms with Crippen LogP contribution in [0, 0.1) is 17.7 Å². The molecule has 0 amide bonds. The van der Waals surface area contributed by atoms with Gasteiger partial charge in [-0.3, -0.25) is 9.59 Å². The van der Waals surface area contributed by atoms with Crippen molar-refractivity contribution in [1.29, 1.82) is 0 Å². The van der Waals surface area contributed by atoms with Crippen LogP contribution in [0.2, 0.25) is 0 Å². The first kappa shape index (κ1) is 17.3. The maximum absolute atomic E-state index is 13.8. The minimum absolute atomic E-state index is 0.0613. The van der Waals surface area contributed by atoms with Gasteiger partial charge in [-0.25, -0.2) is 9.37 Å². The van der Waals surface area contributed by atoms with Gasteiger partial charge in [0.2, 0.25) is 0 Å². The number of piperidine rings is 1. The zero-order valence-corrected chi connectivity index (χ0v) is 14.5. The molecule has 1 fully saturated rings. The van der Waals surface area contributed by atoms with E-state index in [4.69, 9.17) is 0 Å². The molecule has 1 aromatic carbocycles. The molecule has 6 heteroatoms. The van der Waals surface area contributed by atoms with Crippen molar-refractivity contribution in [3.63, 3.8) is 0 Å². The molecule has 0 saturated carbocycles. The summed E-state index contributed by atoms with van der Waals surface area (Å²) in [7, 11) is 1.70. The van der Waals surface area contributed by atoms with E-state index in [2.05, 4.69) is 4.98 Å². The number of nitrogens with zero attached hydrogens (tertiary/aromatic N) is 3. The number of benzene rings is 1. The Bertz CT molecular complexity index is 833. The average molecular weight is 343 g/mol. The summed E-state index contributed by atoms with van der Waals surface area (Å²) in [6, 6.07) is 6.41.